The van der Waals surface area contributed by atoms with Gasteiger partial charge in [-0.15, -0.1) is 0 Å². The third-order valence-corrected chi connectivity index (χ3v) is 3.06. The highest BCUT2D eigenvalue weighted by molar-refractivity contribution is 5.27. The number of pyridine rings is 1. The van der Waals surface area contributed by atoms with Crippen LogP contribution in [0.1, 0.15) is 36.9 Å². The van der Waals surface area contributed by atoms with Crippen LogP contribution >= 0.6 is 0 Å². The van der Waals surface area contributed by atoms with Crippen molar-refractivity contribution in [3.05, 3.63) is 45.7 Å². The zero-order chi connectivity index (χ0) is 14.0. The summed E-state index contributed by atoms with van der Waals surface area (Å²) in [4.78, 5) is 11.7. The summed E-state index contributed by atoms with van der Waals surface area (Å²) in [6, 6.07) is 3.34. The summed E-state index contributed by atoms with van der Waals surface area (Å²) >= 11 is 0. The molecule has 0 unspecified atom stereocenters. The minimum absolute atomic E-state index is 0.126. The highest BCUT2D eigenvalue weighted by Crippen LogP contribution is 2.16. The van der Waals surface area contributed by atoms with Gasteiger partial charge in [0.15, 0.2) is 11.5 Å². The maximum Gasteiger partial charge on any atom is 0.223 e. The molecule has 0 bridgehead atoms. The Balaban J connectivity index is 2.14. The van der Waals surface area contributed by atoms with E-state index < -0.39 is 0 Å². The number of hydrogen-bond donors (Lipinski definition) is 0. The van der Waals surface area contributed by atoms with Gasteiger partial charge in [0.05, 0.1) is 11.4 Å². The molecule has 19 heavy (non-hydrogen) atoms. The second kappa shape index (κ2) is 5.30. The van der Waals surface area contributed by atoms with Gasteiger partial charge in [0.2, 0.25) is 5.43 Å². The average molecular weight is 262 g/mol. The van der Waals surface area contributed by atoms with Gasteiger partial charge in [0.1, 0.15) is 6.61 Å². The molecule has 0 fully saturated rings. The monoisotopic (exact) mass is 262 g/mol. The summed E-state index contributed by atoms with van der Waals surface area (Å²) in [7, 11) is 1.87. The summed E-state index contributed by atoms with van der Waals surface area (Å²) in [6.45, 7) is 6.13. The van der Waals surface area contributed by atoms with Crippen molar-refractivity contribution in [1.82, 2.24) is 9.72 Å². The summed E-state index contributed by atoms with van der Waals surface area (Å²) in [6.07, 6.45) is 1.72. The van der Waals surface area contributed by atoms with Crippen molar-refractivity contribution in [3.8, 4) is 5.75 Å². The minimum atomic E-state index is -0.126. The first-order chi connectivity index (χ1) is 8.99. The van der Waals surface area contributed by atoms with Crippen LogP contribution in [0.15, 0.2) is 27.6 Å². The van der Waals surface area contributed by atoms with Crippen LogP contribution in [0, 0.1) is 6.92 Å². The molecule has 0 radical (unpaired) electrons. The van der Waals surface area contributed by atoms with E-state index in [4.69, 9.17) is 9.26 Å². The Labute approximate surface area is 111 Å². The normalized spacial score (nSPS) is 11.0. The van der Waals surface area contributed by atoms with Gasteiger partial charge in [0, 0.05) is 25.4 Å². The molecule has 0 atom stereocenters. The molecule has 0 aliphatic heterocycles. The second-order valence-corrected chi connectivity index (χ2v) is 4.87. The Morgan fingerprint density at radius 2 is 2.21 bits per heavy atom. The van der Waals surface area contributed by atoms with E-state index >= 15 is 0 Å². The third-order valence-electron chi connectivity index (χ3n) is 3.06. The van der Waals surface area contributed by atoms with E-state index in [0.717, 1.165) is 11.4 Å². The fourth-order valence-electron chi connectivity index (χ4n) is 1.69. The van der Waals surface area contributed by atoms with Crippen LogP contribution in [0.4, 0.5) is 0 Å². The summed E-state index contributed by atoms with van der Waals surface area (Å²) in [5, 5.41) is 3.95. The Hall–Kier alpha value is -2.04. The lowest BCUT2D eigenvalue weighted by molar-refractivity contribution is 0.243. The molecule has 0 spiro atoms. The van der Waals surface area contributed by atoms with Crippen molar-refractivity contribution < 1.29 is 9.26 Å². The number of ether oxygens (including phenoxy) is 1. The van der Waals surface area contributed by atoms with Gasteiger partial charge in [-0.1, -0.05) is 19.0 Å². The van der Waals surface area contributed by atoms with Crippen LogP contribution in [-0.2, 0) is 13.7 Å². The lowest BCUT2D eigenvalue weighted by atomic mass is 10.1. The van der Waals surface area contributed by atoms with Gasteiger partial charge in [-0.3, -0.25) is 4.79 Å². The van der Waals surface area contributed by atoms with E-state index in [1.54, 1.807) is 6.20 Å². The van der Waals surface area contributed by atoms with E-state index in [1.165, 1.54) is 6.07 Å². The first-order valence-electron chi connectivity index (χ1n) is 6.23. The SMILES string of the molecule is Cc1c(OCc2cc(C(C)C)no2)c(=O)ccn1C. The summed E-state index contributed by atoms with van der Waals surface area (Å²) < 4.78 is 12.6. The fourth-order valence-corrected chi connectivity index (χ4v) is 1.69. The molecular weight excluding hydrogens is 244 g/mol. The molecular formula is C14H18N2O3. The molecule has 2 heterocycles. The van der Waals surface area contributed by atoms with Crippen LogP contribution in [-0.4, -0.2) is 9.72 Å². The van der Waals surface area contributed by atoms with Crippen LogP contribution in [0.3, 0.4) is 0 Å². The number of hydrogen-bond acceptors (Lipinski definition) is 4. The van der Waals surface area contributed by atoms with Crippen molar-refractivity contribution in [2.75, 3.05) is 0 Å². The van der Waals surface area contributed by atoms with Gasteiger partial charge in [-0.05, 0) is 12.8 Å². The number of nitrogens with zero attached hydrogens (tertiary/aromatic N) is 2. The molecule has 5 heteroatoms. The van der Waals surface area contributed by atoms with Gasteiger partial charge < -0.3 is 13.8 Å². The Kier molecular flexibility index (Phi) is 3.74. The molecule has 2 rings (SSSR count). The summed E-state index contributed by atoms with van der Waals surface area (Å²) in [5.41, 5.74) is 1.55. The highest BCUT2D eigenvalue weighted by Gasteiger charge is 2.11. The third kappa shape index (κ3) is 2.86. The van der Waals surface area contributed by atoms with Crippen molar-refractivity contribution in [2.45, 2.75) is 33.3 Å². The van der Waals surface area contributed by atoms with Crippen LogP contribution in [0.2, 0.25) is 0 Å². The Morgan fingerprint density at radius 1 is 1.47 bits per heavy atom. The lowest BCUT2D eigenvalue weighted by Gasteiger charge is -2.09. The molecule has 0 N–H and O–H groups in total. The standard InChI is InChI=1S/C14H18N2O3/c1-9(2)12-7-11(19-15-12)8-18-14-10(3)16(4)6-5-13(14)17/h5-7,9H,8H2,1-4H3. The van der Waals surface area contributed by atoms with Gasteiger partial charge in [-0.2, -0.15) is 0 Å². The van der Waals surface area contributed by atoms with Gasteiger partial charge in [-0.25, -0.2) is 0 Å². The Bertz CT molecular complexity index is 626. The van der Waals surface area contributed by atoms with Crippen LogP contribution in [0.25, 0.3) is 0 Å². The maximum atomic E-state index is 11.7. The van der Waals surface area contributed by atoms with E-state index in [-0.39, 0.29) is 12.0 Å². The minimum Gasteiger partial charge on any atom is -0.480 e. The second-order valence-electron chi connectivity index (χ2n) is 4.87. The van der Waals surface area contributed by atoms with Crippen LogP contribution in [0.5, 0.6) is 5.75 Å². The number of aryl methyl sites for hydroxylation is 1. The fraction of sp³-hybridized carbons (Fsp3) is 0.429. The van der Waals surface area contributed by atoms with Gasteiger partial charge in [0.25, 0.3) is 0 Å². The van der Waals surface area contributed by atoms with E-state index in [1.807, 2.05) is 38.5 Å². The first kappa shape index (κ1) is 13.4. The largest absolute Gasteiger partial charge is 0.480 e. The van der Waals surface area contributed by atoms with Gasteiger partial charge >= 0.3 is 0 Å². The molecule has 0 aromatic carbocycles. The van der Waals surface area contributed by atoms with Crippen LogP contribution < -0.4 is 10.2 Å². The van der Waals surface area contributed by atoms with Crippen molar-refractivity contribution in [3.63, 3.8) is 0 Å². The van der Waals surface area contributed by atoms with E-state index in [9.17, 15) is 4.79 Å². The molecule has 102 valence electrons. The van der Waals surface area contributed by atoms with E-state index in [2.05, 4.69) is 5.16 Å². The lowest BCUT2D eigenvalue weighted by Crippen LogP contribution is -2.12. The Morgan fingerprint density at radius 3 is 2.84 bits per heavy atom. The smallest absolute Gasteiger partial charge is 0.223 e. The molecule has 5 nitrogen and oxygen atoms in total. The number of aromatic nitrogens is 2. The first-order valence-corrected chi connectivity index (χ1v) is 6.23. The molecule has 0 aliphatic rings. The van der Waals surface area contributed by atoms with Crippen molar-refractivity contribution in [2.24, 2.45) is 7.05 Å². The van der Waals surface area contributed by atoms with Crippen molar-refractivity contribution in [1.29, 1.82) is 0 Å². The van der Waals surface area contributed by atoms with E-state index in [0.29, 0.717) is 17.4 Å². The summed E-state index contributed by atoms with van der Waals surface area (Å²) in [5.74, 6) is 1.28. The predicted molar refractivity (Wildman–Crippen MR) is 71.3 cm³/mol. The molecule has 2 aromatic heterocycles. The quantitative estimate of drug-likeness (QED) is 0.849. The zero-order valence-corrected chi connectivity index (χ0v) is 11.6. The molecule has 0 saturated heterocycles. The topological polar surface area (TPSA) is 57.3 Å². The maximum absolute atomic E-state index is 11.7. The highest BCUT2D eigenvalue weighted by atomic mass is 16.5. The number of rotatable bonds is 4. The molecule has 0 amide bonds. The predicted octanol–water partition coefficient (Wildman–Crippen LogP) is 2.38. The average Bonchev–Trinajstić information content (AvgIpc) is 2.83. The van der Waals surface area contributed by atoms with Crippen molar-refractivity contribution >= 4 is 0 Å². The molecule has 2 aromatic rings. The zero-order valence-electron chi connectivity index (χ0n) is 11.6. The molecule has 0 aliphatic carbocycles. The molecule has 0 saturated carbocycles.